The van der Waals surface area contributed by atoms with Crippen LogP contribution in [0.5, 0.6) is 0 Å². The summed E-state index contributed by atoms with van der Waals surface area (Å²) >= 11 is 0. The SMILES string of the molecule is COCCNc1ccccc1CNc1ccc2nccnc2n1. The van der Waals surface area contributed by atoms with Crippen molar-refractivity contribution in [1.29, 1.82) is 0 Å². The first-order valence-corrected chi connectivity index (χ1v) is 7.49. The molecule has 0 unspecified atom stereocenters. The summed E-state index contributed by atoms with van der Waals surface area (Å²) in [5, 5.41) is 6.71. The lowest BCUT2D eigenvalue weighted by atomic mass is 10.1. The van der Waals surface area contributed by atoms with E-state index in [1.807, 2.05) is 24.3 Å². The van der Waals surface area contributed by atoms with Crippen LogP contribution in [0.15, 0.2) is 48.8 Å². The van der Waals surface area contributed by atoms with Gasteiger partial charge < -0.3 is 15.4 Å². The van der Waals surface area contributed by atoms with Crippen molar-refractivity contribution >= 4 is 22.7 Å². The van der Waals surface area contributed by atoms with E-state index in [-0.39, 0.29) is 0 Å². The molecule has 2 aromatic heterocycles. The summed E-state index contributed by atoms with van der Waals surface area (Å²) in [7, 11) is 1.70. The van der Waals surface area contributed by atoms with Crippen LogP contribution in [0.3, 0.4) is 0 Å². The molecule has 6 heteroatoms. The minimum absolute atomic E-state index is 0.643. The Hall–Kier alpha value is -2.73. The minimum Gasteiger partial charge on any atom is -0.383 e. The summed E-state index contributed by atoms with van der Waals surface area (Å²) < 4.78 is 5.07. The van der Waals surface area contributed by atoms with Gasteiger partial charge in [-0.25, -0.2) is 9.97 Å². The molecule has 0 aliphatic heterocycles. The number of benzene rings is 1. The zero-order chi connectivity index (χ0) is 15.9. The number of ether oxygens (including phenoxy) is 1. The van der Waals surface area contributed by atoms with Crippen molar-refractivity contribution < 1.29 is 4.74 Å². The molecular weight excluding hydrogens is 290 g/mol. The number of rotatable bonds is 7. The molecule has 0 spiro atoms. The molecule has 6 nitrogen and oxygen atoms in total. The quantitative estimate of drug-likeness (QED) is 0.654. The van der Waals surface area contributed by atoms with Crippen LogP contribution in [0.25, 0.3) is 11.2 Å². The van der Waals surface area contributed by atoms with Gasteiger partial charge >= 0.3 is 0 Å². The number of pyridine rings is 1. The summed E-state index contributed by atoms with van der Waals surface area (Å²) in [5.74, 6) is 0.782. The first-order chi connectivity index (χ1) is 11.4. The average Bonchev–Trinajstić information content (AvgIpc) is 2.61. The highest BCUT2D eigenvalue weighted by Gasteiger charge is 2.03. The number of aromatic nitrogens is 3. The molecule has 0 radical (unpaired) electrons. The van der Waals surface area contributed by atoms with Crippen LogP contribution in [0.4, 0.5) is 11.5 Å². The molecule has 23 heavy (non-hydrogen) atoms. The van der Waals surface area contributed by atoms with E-state index < -0.39 is 0 Å². The van der Waals surface area contributed by atoms with Crippen molar-refractivity contribution in [2.24, 2.45) is 0 Å². The molecule has 0 bridgehead atoms. The van der Waals surface area contributed by atoms with Crippen LogP contribution >= 0.6 is 0 Å². The van der Waals surface area contributed by atoms with Gasteiger partial charge in [0.2, 0.25) is 0 Å². The molecule has 2 N–H and O–H groups in total. The maximum absolute atomic E-state index is 5.07. The zero-order valence-corrected chi connectivity index (χ0v) is 13.0. The number of hydrogen-bond donors (Lipinski definition) is 2. The molecule has 0 saturated carbocycles. The molecule has 2 heterocycles. The fourth-order valence-electron chi connectivity index (χ4n) is 2.27. The van der Waals surface area contributed by atoms with Crippen molar-refractivity contribution in [2.75, 3.05) is 30.9 Å². The van der Waals surface area contributed by atoms with Crippen molar-refractivity contribution in [3.05, 3.63) is 54.4 Å². The van der Waals surface area contributed by atoms with Crippen LogP contribution < -0.4 is 10.6 Å². The van der Waals surface area contributed by atoms with E-state index in [4.69, 9.17) is 4.74 Å². The first-order valence-electron chi connectivity index (χ1n) is 7.49. The summed E-state index contributed by atoms with van der Waals surface area (Å²) in [4.78, 5) is 12.9. The summed E-state index contributed by atoms with van der Waals surface area (Å²) in [6.07, 6.45) is 3.31. The predicted octanol–water partition coefficient (Wildman–Crippen LogP) is 2.70. The van der Waals surface area contributed by atoms with E-state index in [1.54, 1.807) is 19.5 Å². The van der Waals surface area contributed by atoms with E-state index in [0.29, 0.717) is 18.8 Å². The standard InChI is InChI=1S/C17H19N5O/c1-23-11-10-19-14-5-3-2-4-13(14)12-21-16-7-6-15-17(22-16)20-9-8-18-15/h2-9,19H,10-12H2,1H3,(H,20,21,22). The topological polar surface area (TPSA) is 72.0 Å². The Morgan fingerprint density at radius 2 is 1.87 bits per heavy atom. The monoisotopic (exact) mass is 309 g/mol. The predicted molar refractivity (Wildman–Crippen MR) is 91.5 cm³/mol. The Balaban J connectivity index is 1.69. The summed E-state index contributed by atoms with van der Waals surface area (Å²) in [6, 6.07) is 12.0. The Bertz CT molecular complexity index is 778. The molecule has 0 saturated heterocycles. The van der Waals surface area contributed by atoms with Crippen molar-refractivity contribution in [2.45, 2.75) is 6.54 Å². The van der Waals surface area contributed by atoms with Gasteiger partial charge in [0.25, 0.3) is 0 Å². The molecule has 0 aliphatic carbocycles. The normalized spacial score (nSPS) is 10.7. The molecule has 3 aromatic rings. The number of para-hydroxylation sites is 1. The van der Waals surface area contributed by atoms with E-state index in [9.17, 15) is 0 Å². The smallest absolute Gasteiger partial charge is 0.180 e. The molecule has 3 rings (SSSR count). The van der Waals surface area contributed by atoms with Gasteiger partial charge in [-0.15, -0.1) is 0 Å². The Morgan fingerprint density at radius 1 is 1.00 bits per heavy atom. The number of nitrogens with zero attached hydrogens (tertiary/aromatic N) is 3. The van der Waals surface area contributed by atoms with Gasteiger partial charge in [-0.3, -0.25) is 4.98 Å². The number of fused-ring (bicyclic) bond motifs is 1. The molecule has 1 aromatic carbocycles. The van der Waals surface area contributed by atoms with Crippen LogP contribution in [0, 0.1) is 0 Å². The second-order valence-electron chi connectivity index (χ2n) is 5.03. The largest absolute Gasteiger partial charge is 0.383 e. The highest BCUT2D eigenvalue weighted by Crippen LogP contribution is 2.17. The lowest BCUT2D eigenvalue weighted by Crippen LogP contribution is -2.11. The fraction of sp³-hybridized carbons (Fsp3) is 0.235. The number of anilines is 2. The van der Waals surface area contributed by atoms with E-state index in [2.05, 4.69) is 37.7 Å². The molecular formula is C17H19N5O. The van der Waals surface area contributed by atoms with Gasteiger partial charge in [-0.2, -0.15) is 0 Å². The Labute approximate surface area is 135 Å². The fourth-order valence-corrected chi connectivity index (χ4v) is 2.27. The zero-order valence-electron chi connectivity index (χ0n) is 13.0. The van der Waals surface area contributed by atoms with E-state index >= 15 is 0 Å². The summed E-state index contributed by atoms with van der Waals surface area (Å²) in [6.45, 7) is 2.12. The maximum atomic E-state index is 5.07. The van der Waals surface area contributed by atoms with Crippen LogP contribution in [0.1, 0.15) is 5.56 Å². The van der Waals surface area contributed by atoms with Crippen molar-refractivity contribution in [3.8, 4) is 0 Å². The lowest BCUT2D eigenvalue weighted by molar-refractivity contribution is 0.211. The third-order valence-corrected chi connectivity index (χ3v) is 3.43. The second-order valence-corrected chi connectivity index (χ2v) is 5.03. The highest BCUT2D eigenvalue weighted by atomic mass is 16.5. The number of nitrogens with one attached hydrogen (secondary N) is 2. The van der Waals surface area contributed by atoms with E-state index in [0.717, 1.165) is 23.6 Å². The van der Waals surface area contributed by atoms with Crippen LogP contribution in [-0.2, 0) is 11.3 Å². The molecule has 0 amide bonds. The molecule has 0 fully saturated rings. The van der Waals surface area contributed by atoms with Crippen LogP contribution in [0.2, 0.25) is 0 Å². The van der Waals surface area contributed by atoms with Gasteiger partial charge in [0.05, 0.1) is 6.61 Å². The third-order valence-electron chi connectivity index (χ3n) is 3.43. The third kappa shape index (κ3) is 3.92. The molecule has 0 aliphatic rings. The lowest BCUT2D eigenvalue weighted by Gasteiger charge is -2.13. The van der Waals surface area contributed by atoms with E-state index in [1.165, 1.54) is 5.56 Å². The van der Waals surface area contributed by atoms with Gasteiger partial charge in [0.1, 0.15) is 11.3 Å². The number of methoxy groups -OCH3 is 1. The van der Waals surface area contributed by atoms with Gasteiger partial charge in [0.15, 0.2) is 5.65 Å². The Kier molecular flexibility index (Phi) is 4.95. The van der Waals surface area contributed by atoms with Crippen molar-refractivity contribution in [3.63, 3.8) is 0 Å². The maximum Gasteiger partial charge on any atom is 0.180 e. The van der Waals surface area contributed by atoms with Gasteiger partial charge in [0, 0.05) is 38.3 Å². The minimum atomic E-state index is 0.643. The van der Waals surface area contributed by atoms with Crippen LogP contribution in [-0.4, -0.2) is 35.2 Å². The highest BCUT2D eigenvalue weighted by molar-refractivity contribution is 5.71. The Morgan fingerprint density at radius 3 is 2.78 bits per heavy atom. The number of hydrogen-bond acceptors (Lipinski definition) is 6. The summed E-state index contributed by atoms with van der Waals surface area (Å²) in [5.41, 5.74) is 3.70. The second kappa shape index (κ2) is 7.51. The van der Waals surface area contributed by atoms with Crippen molar-refractivity contribution in [1.82, 2.24) is 15.0 Å². The van der Waals surface area contributed by atoms with Gasteiger partial charge in [-0.05, 0) is 23.8 Å². The molecule has 0 atom stereocenters. The van der Waals surface area contributed by atoms with Gasteiger partial charge in [-0.1, -0.05) is 18.2 Å². The average molecular weight is 309 g/mol. The first kappa shape index (κ1) is 15.2. The molecule has 118 valence electrons.